The average Bonchev–Trinajstić information content (AvgIpc) is 2.26. The molecule has 96 valence electrons. The molecule has 18 heavy (non-hydrogen) atoms. The van der Waals surface area contributed by atoms with Crippen molar-refractivity contribution < 1.29 is 14.7 Å². The molecular formula is C13H14ClNO3. The van der Waals surface area contributed by atoms with E-state index in [-0.39, 0.29) is 16.5 Å². The van der Waals surface area contributed by atoms with E-state index in [1.807, 2.05) is 0 Å². The van der Waals surface area contributed by atoms with Gasteiger partial charge in [-0.15, -0.1) is 0 Å². The summed E-state index contributed by atoms with van der Waals surface area (Å²) >= 11 is 5.75. The minimum Gasteiger partial charge on any atom is -0.478 e. The van der Waals surface area contributed by atoms with E-state index in [2.05, 4.69) is 5.32 Å². The first kappa shape index (κ1) is 12.9. The Morgan fingerprint density at radius 3 is 2.67 bits per heavy atom. The Morgan fingerprint density at radius 1 is 1.39 bits per heavy atom. The molecule has 0 spiro atoms. The topological polar surface area (TPSA) is 66.4 Å². The monoisotopic (exact) mass is 267 g/mol. The third-order valence-corrected chi connectivity index (χ3v) is 3.51. The van der Waals surface area contributed by atoms with Crippen LogP contribution in [0.1, 0.15) is 36.0 Å². The lowest BCUT2D eigenvalue weighted by Gasteiger charge is -2.24. The third-order valence-electron chi connectivity index (χ3n) is 3.18. The largest absolute Gasteiger partial charge is 0.478 e. The Kier molecular flexibility index (Phi) is 3.87. The molecule has 5 heteroatoms. The number of carboxylic acid groups (broad SMARTS) is 1. The van der Waals surface area contributed by atoms with Crippen molar-refractivity contribution in [1.29, 1.82) is 0 Å². The van der Waals surface area contributed by atoms with Gasteiger partial charge in [-0.05, 0) is 37.0 Å². The number of anilines is 1. The molecule has 0 atom stereocenters. The lowest BCUT2D eigenvalue weighted by Crippen LogP contribution is -2.21. The molecule has 0 unspecified atom stereocenters. The van der Waals surface area contributed by atoms with Crippen molar-refractivity contribution in [2.75, 3.05) is 5.32 Å². The Balaban J connectivity index is 2.02. The molecule has 1 aliphatic carbocycles. The van der Waals surface area contributed by atoms with E-state index in [9.17, 15) is 9.59 Å². The van der Waals surface area contributed by atoms with Gasteiger partial charge in [0.05, 0.1) is 10.6 Å². The zero-order valence-corrected chi connectivity index (χ0v) is 10.5. The van der Waals surface area contributed by atoms with Gasteiger partial charge in [-0.3, -0.25) is 4.79 Å². The van der Waals surface area contributed by atoms with Crippen molar-refractivity contribution in [2.24, 2.45) is 5.92 Å². The summed E-state index contributed by atoms with van der Waals surface area (Å²) < 4.78 is 0. The van der Waals surface area contributed by atoms with Crippen LogP contribution in [0.3, 0.4) is 0 Å². The lowest BCUT2D eigenvalue weighted by molar-refractivity contribution is -0.117. The minimum atomic E-state index is -1.10. The molecule has 1 aliphatic rings. The molecule has 1 aromatic rings. The predicted molar refractivity (Wildman–Crippen MR) is 69.0 cm³/mol. The highest BCUT2D eigenvalue weighted by atomic mass is 35.5. The van der Waals surface area contributed by atoms with Gasteiger partial charge in [-0.2, -0.15) is 0 Å². The van der Waals surface area contributed by atoms with Crippen molar-refractivity contribution >= 4 is 29.2 Å². The number of hydrogen-bond donors (Lipinski definition) is 2. The molecule has 0 radical (unpaired) electrons. The third kappa shape index (κ3) is 3.01. The second-order valence-electron chi connectivity index (χ2n) is 4.55. The average molecular weight is 268 g/mol. The second kappa shape index (κ2) is 5.40. The van der Waals surface area contributed by atoms with Gasteiger partial charge in [0.2, 0.25) is 5.91 Å². The molecular weight excluding hydrogens is 254 g/mol. The van der Waals surface area contributed by atoms with E-state index >= 15 is 0 Å². The van der Waals surface area contributed by atoms with Crippen LogP contribution in [0.15, 0.2) is 18.2 Å². The van der Waals surface area contributed by atoms with Gasteiger partial charge in [0.15, 0.2) is 0 Å². The Bertz CT molecular complexity index is 483. The molecule has 0 saturated heterocycles. The predicted octanol–water partition coefficient (Wildman–Crippen LogP) is 3.17. The molecule has 1 amide bonds. The van der Waals surface area contributed by atoms with Crippen LogP contribution in [0.25, 0.3) is 0 Å². The molecule has 1 aromatic carbocycles. The molecule has 0 bridgehead atoms. The van der Waals surface area contributed by atoms with E-state index < -0.39 is 5.97 Å². The van der Waals surface area contributed by atoms with Crippen LogP contribution in [0, 0.1) is 5.92 Å². The van der Waals surface area contributed by atoms with Crippen LogP contribution in [-0.2, 0) is 4.79 Å². The van der Waals surface area contributed by atoms with Gasteiger partial charge in [0.1, 0.15) is 0 Å². The standard InChI is InChI=1S/C13H14ClNO3/c14-11-5-4-9(7-10(11)13(17)18)15-12(16)6-8-2-1-3-8/h4-5,7-8H,1-3,6H2,(H,15,16)(H,17,18). The molecule has 2 N–H and O–H groups in total. The van der Waals surface area contributed by atoms with Gasteiger partial charge in [-0.1, -0.05) is 18.0 Å². The Morgan fingerprint density at radius 2 is 2.11 bits per heavy atom. The maximum Gasteiger partial charge on any atom is 0.337 e. The van der Waals surface area contributed by atoms with Gasteiger partial charge < -0.3 is 10.4 Å². The van der Waals surface area contributed by atoms with Gasteiger partial charge in [0, 0.05) is 12.1 Å². The van der Waals surface area contributed by atoms with Crippen LogP contribution in [0.5, 0.6) is 0 Å². The maximum atomic E-state index is 11.7. The van der Waals surface area contributed by atoms with Crippen LogP contribution < -0.4 is 5.32 Å². The van der Waals surface area contributed by atoms with Gasteiger partial charge in [-0.25, -0.2) is 4.79 Å². The van der Waals surface area contributed by atoms with Gasteiger partial charge in [0.25, 0.3) is 0 Å². The number of carboxylic acids is 1. The number of hydrogen-bond acceptors (Lipinski definition) is 2. The molecule has 0 aromatic heterocycles. The SMILES string of the molecule is O=C(CC1CCC1)Nc1ccc(Cl)c(C(=O)O)c1. The fourth-order valence-electron chi connectivity index (χ4n) is 1.94. The number of benzene rings is 1. The lowest BCUT2D eigenvalue weighted by atomic mass is 9.83. The van der Waals surface area contributed by atoms with Crippen molar-refractivity contribution in [1.82, 2.24) is 0 Å². The summed E-state index contributed by atoms with van der Waals surface area (Å²) in [6.45, 7) is 0. The molecule has 1 fully saturated rings. The zero-order chi connectivity index (χ0) is 13.1. The van der Waals surface area contributed by atoms with Crippen molar-refractivity contribution in [3.05, 3.63) is 28.8 Å². The van der Waals surface area contributed by atoms with Crippen LogP contribution in [0.2, 0.25) is 5.02 Å². The number of halogens is 1. The summed E-state index contributed by atoms with van der Waals surface area (Å²) in [5, 5.41) is 11.8. The summed E-state index contributed by atoms with van der Waals surface area (Å²) in [7, 11) is 0. The quantitative estimate of drug-likeness (QED) is 0.880. The summed E-state index contributed by atoms with van der Waals surface area (Å²) in [6.07, 6.45) is 3.91. The van der Waals surface area contributed by atoms with E-state index in [4.69, 9.17) is 16.7 Å². The number of amides is 1. The summed E-state index contributed by atoms with van der Waals surface area (Å²) in [4.78, 5) is 22.6. The number of carbonyl (C=O) groups is 2. The smallest absolute Gasteiger partial charge is 0.337 e. The van der Waals surface area contributed by atoms with Crippen molar-refractivity contribution in [3.8, 4) is 0 Å². The number of nitrogens with one attached hydrogen (secondary N) is 1. The van der Waals surface area contributed by atoms with E-state index in [1.54, 1.807) is 6.07 Å². The highest BCUT2D eigenvalue weighted by molar-refractivity contribution is 6.33. The second-order valence-corrected chi connectivity index (χ2v) is 4.96. The van der Waals surface area contributed by atoms with Crippen LogP contribution >= 0.6 is 11.6 Å². The maximum absolute atomic E-state index is 11.7. The summed E-state index contributed by atoms with van der Waals surface area (Å²) in [5.41, 5.74) is 0.472. The minimum absolute atomic E-state index is 0.00175. The van der Waals surface area contributed by atoms with Crippen molar-refractivity contribution in [2.45, 2.75) is 25.7 Å². The molecule has 0 heterocycles. The van der Waals surface area contributed by atoms with E-state index in [0.29, 0.717) is 18.0 Å². The number of rotatable bonds is 4. The number of aromatic carboxylic acids is 1. The normalized spacial score (nSPS) is 14.9. The summed E-state index contributed by atoms with van der Waals surface area (Å²) in [5.74, 6) is -0.690. The van der Waals surface area contributed by atoms with E-state index in [1.165, 1.54) is 18.6 Å². The van der Waals surface area contributed by atoms with Crippen LogP contribution in [0.4, 0.5) is 5.69 Å². The molecule has 0 aliphatic heterocycles. The first-order chi connectivity index (χ1) is 8.56. The fourth-order valence-corrected chi connectivity index (χ4v) is 2.14. The summed E-state index contributed by atoms with van der Waals surface area (Å²) in [6, 6.07) is 4.46. The molecule has 2 rings (SSSR count). The van der Waals surface area contributed by atoms with Crippen LogP contribution in [-0.4, -0.2) is 17.0 Å². The first-order valence-electron chi connectivity index (χ1n) is 5.89. The number of carbonyl (C=O) groups excluding carboxylic acids is 1. The van der Waals surface area contributed by atoms with Crippen molar-refractivity contribution in [3.63, 3.8) is 0 Å². The van der Waals surface area contributed by atoms with E-state index in [0.717, 1.165) is 12.8 Å². The highest BCUT2D eigenvalue weighted by Gasteiger charge is 2.20. The Hall–Kier alpha value is -1.55. The molecule has 1 saturated carbocycles. The van der Waals surface area contributed by atoms with Gasteiger partial charge >= 0.3 is 5.97 Å². The first-order valence-corrected chi connectivity index (χ1v) is 6.27. The molecule has 4 nitrogen and oxygen atoms in total. The Labute approximate surface area is 110 Å². The fraction of sp³-hybridized carbons (Fsp3) is 0.385. The zero-order valence-electron chi connectivity index (χ0n) is 9.78. The highest BCUT2D eigenvalue weighted by Crippen LogP contribution is 2.29.